The summed E-state index contributed by atoms with van der Waals surface area (Å²) < 4.78 is 31.6. The molecule has 0 radical (unpaired) electrons. The van der Waals surface area contributed by atoms with Crippen LogP contribution in [0.1, 0.15) is 48.9 Å². The van der Waals surface area contributed by atoms with E-state index in [1.54, 1.807) is 60.5 Å². The van der Waals surface area contributed by atoms with Gasteiger partial charge in [0, 0.05) is 31.9 Å². The molecule has 1 fully saturated rings. The molecule has 2 amide bonds. The van der Waals surface area contributed by atoms with Crippen LogP contribution in [0.15, 0.2) is 59.3 Å². The maximum absolute atomic E-state index is 13.4. The molecular formula is C27H31N5O6S. The number of ketones is 1. The number of carbonyl (C=O) groups is 3. The van der Waals surface area contributed by atoms with E-state index in [0.717, 1.165) is 12.8 Å². The normalized spacial score (nSPS) is 15.1. The number of pyridine rings is 1. The predicted octanol–water partition coefficient (Wildman–Crippen LogP) is 2.45. The third kappa shape index (κ3) is 7.56. The fourth-order valence-electron chi connectivity index (χ4n) is 4.45. The first-order valence-electron chi connectivity index (χ1n) is 12.9. The Balaban J connectivity index is 1.49. The Labute approximate surface area is 226 Å². The minimum Gasteiger partial charge on any atom is -0.413 e. The van der Waals surface area contributed by atoms with Crippen molar-refractivity contribution in [2.75, 3.05) is 18.8 Å². The largest absolute Gasteiger partial charge is 0.413 e. The average Bonchev–Trinajstić information content (AvgIpc) is 3.65. The number of Topliss-reactive ketones (excluding diaryl/α,β-unsaturated/α-hetero) is 1. The van der Waals surface area contributed by atoms with Crippen LogP contribution < -0.4 is 5.32 Å². The Hall–Kier alpha value is -3.93. The predicted molar refractivity (Wildman–Crippen MR) is 142 cm³/mol. The van der Waals surface area contributed by atoms with Crippen LogP contribution in [0, 0.1) is 5.92 Å². The van der Waals surface area contributed by atoms with Gasteiger partial charge in [-0.1, -0.05) is 37.3 Å². The Morgan fingerprint density at radius 3 is 2.46 bits per heavy atom. The molecule has 1 N–H and O–H groups in total. The first-order valence-corrected chi connectivity index (χ1v) is 14.7. The number of hydrogen-bond acceptors (Lipinski definition) is 9. The van der Waals surface area contributed by atoms with Crippen molar-refractivity contribution in [3.8, 4) is 11.5 Å². The number of amides is 2. The van der Waals surface area contributed by atoms with E-state index in [-0.39, 0.29) is 36.3 Å². The van der Waals surface area contributed by atoms with Crippen LogP contribution in [0.4, 0.5) is 0 Å². The summed E-state index contributed by atoms with van der Waals surface area (Å²) in [7, 11) is -3.75. The van der Waals surface area contributed by atoms with Crippen molar-refractivity contribution in [2.45, 2.75) is 44.4 Å². The van der Waals surface area contributed by atoms with Crippen molar-refractivity contribution in [1.29, 1.82) is 0 Å². The minimum absolute atomic E-state index is 0.105. The molecule has 11 nitrogen and oxygen atoms in total. The molecule has 0 aliphatic carbocycles. The Morgan fingerprint density at radius 2 is 1.79 bits per heavy atom. The maximum atomic E-state index is 13.4. The van der Waals surface area contributed by atoms with Gasteiger partial charge in [0.25, 0.3) is 5.89 Å². The van der Waals surface area contributed by atoms with E-state index in [9.17, 15) is 22.8 Å². The standard InChI is InChI=1S/C27H31N5O6S/c1-2-22(24(34)27-31-30-26(38-27)20-11-8-12-28-16-20)29-25(35)21(15-23(33)32-13-6-7-14-32)18-39(36,37)17-19-9-4-3-5-10-19/h3-5,8-12,16,21-22H,2,6-7,13-15,17-18H2,1H3,(H,29,35). The van der Waals surface area contributed by atoms with Gasteiger partial charge in [0.1, 0.15) is 0 Å². The smallest absolute Gasteiger partial charge is 0.286 e. The molecular weight excluding hydrogens is 522 g/mol. The van der Waals surface area contributed by atoms with Crippen LogP contribution in [0.2, 0.25) is 0 Å². The number of hydrogen-bond donors (Lipinski definition) is 1. The number of nitrogens with zero attached hydrogens (tertiary/aromatic N) is 4. The number of carbonyl (C=O) groups excluding carboxylic acids is 3. The number of sulfone groups is 1. The fourth-order valence-corrected chi connectivity index (χ4v) is 6.15. The van der Waals surface area contributed by atoms with Gasteiger partial charge < -0.3 is 14.6 Å². The number of nitrogens with one attached hydrogen (secondary N) is 1. The molecule has 39 heavy (non-hydrogen) atoms. The summed E-state index contributed by atoms with van der Waals surface area (Å²) in [5, 5.41) is 10.3. The molecule has 2 unspecified atom stereocenters. The highest BCUT2D eigenvalue weighted by molar-refractivity contribution is 7.90. The summed E-state index contributed by atoms with van der Waals surface area (Å²) in [4.78, 5) is 45.0. The van der Waals surface area contributed by atoms with E-state index in [4.69, 9.17) is 4.42 Å². The number of likely N-dealkylation sites (tertiary alicyclic amines) is 1. The van der Waals surface area contributed by atoms with Crippen LogP contribution in [-0.4, -0.2) is 71.0 Å². The number of aromatic nitrogens is 3. The van der Waals surface area contributed by atoms with Gasteiger partial charge in [0.2, 0.25) is 23.5 Å². The molecule has 0 saturated carbocycles. The zero-order chi connectivity index (χ0) is 27.8. The van der Waals surface area contributed by atoms with Crippen LogP contribution in [-0.2, 0) is 25.2 Å². The van der Waals surface area contributed by atoms with Crippen LogP contribution in [0.25, 0.3) is 11.5 Å². The lowest BCUT2D eigenvalue weighted by Crippen LogP contribution is -2.46. The van der Waals surface area contributed by atoms with Crippen molar-refractivity contribution < 1.29 is 27.2 Å². The second-order valence-electron chi connectivity index (χ2n) is 9.52. The molecule has 2 aromatic heterocycles. The highest BCUT2D eigenvalue weighted by Gasteiger charge is 2.34. The molecule has 1 saturated heterocycles. The minimum atomic E-state index is -3.75. The van der Waals surface area contributed by atoms with Crippen LogP contribution in [0.3, 0.4) is 0 Å². The lowest BCUT2D eigenvalue weighted by Gasteiger charge is -2.23. The van der Waals surface area contributed by atoms with Crippen molar-refractivity contribution in [3.05, 3.63) is 66.3 Å². The lowest BCUT2D eigenvalue weighted by atomic mass is 10.0. The maximum Gasteiger partial charge on any atom is 0.286 e. The van der Waals surface area contributed by atoms with Crippen LogP contribution in [0.5, 0.6) is 0 Å². The second kappa shape index (κ2) is 12.7. The molecule has 0 bridgehead atoms. The quantitative estimate of drug-likeness (QED) is 0.333. The molecule has 12 heteroatoms. The lowest BCUT2D eigenvalue weighted by molar-refractivity contribution is -0.135. The molecule has 0 spiro atoms. The van der Waals surface area contributed by atoms with Gasteiger partial charge in [-0.2, -0.15) is 0 Å². The van der Waals surface area contributed by atoms with Crippen molar-refractivity contribution in [2.24, 2.45) is 5.92 Å². The van der Waals surface area contributed by atoms with Crippen LogP contribution >= 0.6 is 0 Å². The Morgan fingerprint density at radius 1 is 1.05 bits per heavy atom. The van der Waals surface area contributed by atoms with E-state index in [1.165, 1.54) is 6.20 Å². The highest BCUT2D eigenvalue weighted by atomic mass is 32.2. The molecule has 1 aliphatic rings. The van der Waals surface area contributed by atoms with Gasteiger partial charge >= 0.3 is 0 Å². The fraction of sp³-hybridized carbons (Fsp3) is 0.407. The summed E-state index contributed by atoms with van der Waals surface area (Å²) in [6, 6.07) is 11.0. The molecule has 206 valence electrons. The zero-order valence-electron chi connectivity index (χ0n) is 21.7. The van der Waals surface area contributed by atoms with E-state index in [1.807, 2.05) is 0 Å². The molecule has 3 aromatic rings. The van der Waals surface area contributed by atoms with E-state index in [0.29, 0.717) is 24.2 Å². The van der Waals surface area contributed by atoms with E-state index < -0.39 is 39.2 Å². The van der Waals surface area contributed by atoms with Gasteiger partial charge in [-0.25, -0.2) is 8.42 Å². The highest BCUT2D eigenvalue weighted by Crippen LogP contribution is 2.20. The molecule has 1 aliphatic heterocycles. The number of rotatable bonds is 12. The zero-order valence-corrected chi connectivity index (χ0v) is 22.5. The third-order valence-corrected chi connectivity index (χ3v) is 8.20. The van der Waals surface area contributed by atoms with Gasteiger partial charge in [-0.15, -0.1) is 10.2 Å². The Bertz CT molecular complexity index is 1390. The first-order chi connectivity index (χ1) is 18.8. The first kappa shape index (κ1) is 28.1. The molecule has 1 aromatic carbocycles. The Kier molecular flexibility index (Phi) is 9.18. The van der Waals surface area contributed by atoms with E-state index in [2.05, 4.69) is 20.5 Å². The van der Waals surface area contributed by atoms with Crippen molar-refractivity contribution in [3.63, 3.8) is 0 Å². The summed E-state index contributed by atoms with van der Waals surface area (Å²) in [5.41, 5.74) is 1.12. The topological polar surface area (TPSA) is 152 Å². The molecule has 4 rings (SSSR count). The number of benzene rings is 1. The van der Waals surface area contributed by atoms with Gasteiger partial charge in [0.15, 0.2) is 9.84 Å². The molecule has 3 heterocycles. The van der Waals surface area contributed by atoms with Crippen molar-refractivity contribution in [1.82, 2.24) is 25.4 Å². The summed E-state index contributed by atoms with van der Waals surface area (Å²) in [6.45, 7) is 2.85. The second-order valence-corrected chi connectivity index (χ2v) is 11.6. The third-order valence-electron chi connectivity index (χ3n) is 6.52. The summed E-state index contributed by atoms with van der Waals surface area (Å²) in [6.07, 6.45) is 4.76. The van der Waals surface area contributed by atoms with Gasteiger partial charge in [-0.3, -0.25) is 19.4 Å². The molecule has 2 atom stereocenters. The SMILES string of the molecule is CCC(NC(=O)C(CC(=O)N1CCCC1)CS(=O)(=O)Cc1ccccc1)C(=O)c1nnc(-c2cccnc2)o1. The van der Waals surface area contributed by atoms with Crippen molar-refractivity contribution >= 4 is 27.4 Å². The van der Waals surface area contributed by atoms with Gasteiger partial charge in [0.05, 0.1) is 29.0 Å². The average molecular weight is 554 g/mol. The summed E-state index contributed by atoms with van der Waals surface area (Å²) in [5.74, 6) is -3.70. The van der Waals surface area contributed by atoms with Gasteiger partial charge in [-0.05, 0) is 37.0 Å². The summed E-state index contributed by atoms with van der Waals surface area (Å²) >= 11 is 0. The van der Waals surface area contributed by atoms with E-state index >= 15 is 0 Å². The monoisotopic (exact) mass is 553 g/mol.